The van der Waals surface area contributed by atoms with Crippen LogP contribution in [0.25, 0.3) is 0 Å². The molecule has 2 aliphatic rings. The molecule has 3 atom stereocenters. The highest BCUT2D eigenvalue weighted by Crippen LogP contribution is 2.40. The number of primary amides is 1. The van der Waals surface area contributed by atoms with E-state index in [1.807, 2.05) is 18.0 Å². The van der Waals surface area contributed by atoms with Crippen molar-refractivity contribution in [3.8, 4) is 0 Å². The number of ether oxygens (including phenoxy) is 1. The van der Waals surface area contributed by atoms with Crippen LogP contribution in [-0.2, 0) is 10.3 Å². The lowest BCUT2D eigenvalue weighted by Gasteiger charge is -2.43. The van der Waals surface area contributed by atoms with E-state index < -0.39 is 11.5 Å². The molecule has 37 heavy (non-hydrogen) atoms. The molecule has 1 saturated heterocycles. The van der Waals surface area contributed by atoms with E-state index in [0.29, 0.717) is 43.2 Å². The molecule has 1 saturated carbocycles. The summed E-state index contributed by atoms with van der Waals surface area (Å²) in [7, 11) is 3.61. The van der Waals surface area contributed by atoms with Crippen molar-refractivity contribution in [2.45, 2.75) is 82.3 Å². The third-order valence-corrected chi connectivity index (χ3v) is 8.31. The van der Waals surface area contributed by atoms with E-state index in [-0.39, 0.29) is 18.0 Å². The first-order chi connectivity index (χ1) is 17.9. The Bertz CT molecular complexity index is 860. The number of nitrogens with one attached hydrogen (secondary N) is 2. The van der Waals surface area contributed by atoms with Gasteiger partial charge in [0, 0.05) is 50.9 Å². The zero-order valence-electron chi connectivity index (χ0n) is 22.8. The van der Waals surface area contributed by atoms with Gasteiger partial charge in [-0.3, -0.25) is 4.79 Å². The van der Waals surface area contributed by atoms with Gasteiger partial charge in [-0.1, -0.05) is 44.2 Å². The number of likely N-dealkylation sites (N-methyl/N-ethyl adjacent to an activating group) is 1. The molecule has 2 fully saturated rings. The van der Waals surface area contributed by atoms with Crippen LogP contribution in [0.4, 0.5) is 4.79 Å². The number of nitrogens with zero attached hydrogens (tertiary/aromatic N) is 1. The van der Waals surface area contributed by atoms with Crippen LogP contribution >= 0.6 is 0 Å². The van der Waals surface area contributed by atoms with Crippen LogP contribution in [-0.4, -0.2) is 68.4 Å². The summed E-state index contributed by atoms with van der Waals surface area (Å²) in [6.45, 7) is 2.54. The number of methoxy groups -OCH3 is 1. The molecule has 0 unspecified atom stereocenters. The molecule has 1 aliphatic carbocycles. The predicted molar refractivity (Wildman–Crippen MR) is 146 cm³/mol. The second-order valence-corrected chi connectivity index (χ2v) is 11.0. The molecule has 1 aromatic rings. The molecule has 1 aromatic carbocycles. The zero-order chi connectivity index (χ0) is 26.7. The van der Waals surface area contributed by atoms with Crippen LogP contribution in [0.3, 0.4) is 0 Å². The second kappa shape index (κ2) is 14.7. The topological polar surface area (TPSA) is 117 Å². The normalized spacial score (nSPS) is 21.3. The van der Waals surface area contributed by atoms with Crippen molar-refractivity contribution in [3.05, 3.63) is 35.4 Å². The summed E-state index contributed by atoms with van der Waals surface area (Å²) in [4.78, 5) is 27.1. The molecule has 0 spiro atoms. The third-order valence-electron chi connectivity index (χ3n) is 8.31. The monoisotopic (exact) mass is 516 g/mol. The third kappa shape index (κ3) is 8.42. The molecule has 1 aliphatic heterocycles. The summed E-state index contributed by atoms with van der Waals surface area (Å²) in [5, 5.41) is 18.7. The van der Waals surface area contributed by atoms with Crippen LogP contribution in [0.2, 0.25) is 0 Å². The van der Waals surface area contributed by atoms with Crippen molar-refractivity contribution in [2.24, 2.45) is 17.6 Å². The van der Waals surface area contributed by atoms with E-state index in [1.165, 1.54) is 32.1 Å². The summed E-state index contributed by atoms with van der Waals surface area (Å²) in [5.41, 5.74) is 5.46. The number of hydrogen-bond acceptors (Lipinski definition) is 5. The Labute approximate surface area is 222 Å². The fraction of sp³-hybridized carbons (Fsp3) is 0.724. The zero-order valence-corrected chi connectivity index (χ0v) is 22.8. The van der Waals surface area contributed by atoms with E-state index in [1.54, 1.807) is 25.3 Å². The number of benzene rings is 1. The number of rotatable bonds is 13. The summed E-state index contributed by atoms with van der Waals surface area (Å²) in [6, 6.07) is 7.08. The Hall–Kier alpha value is -2.16. The van der Waals surface area contributed by atoms with Gasteiger partial charge < -0.3 is 31.1 Å². The van der Waals surface area contributed by atoms with Crippen molar-refractivity contribution in [2.75, 3.05) is 40.4 Å². The molecule has 0 radical (unpaired) electrons. The van der Waals surface area contributed by atoms with Crippen LogP contribution in [0.5, 0.6) is 0 Å². The lowest BCUT2D eigenvalue weighted by atomic mass is 9.74. The highest BCUT2D eigenvalue weighted by atomic mass is 16.5. The van der Waals surface area contributed by atoms with Gasteiger partial charge in [0.05, 0.1) is 5.60 Å². The average Bonchev–Trinajstić information content (AvgIpc) is 2.92. The molecule has 0 aromatic heterocycles. The van der Waals surface area contributed by atoms with E-state index in [2.05, 4.69) is 10.6 Å². The number of carbonyl (C=O) groups is 2. The maximum Gasteiger partial charge on any atom is 0.317 e. The number of carbonyl (C=O) groups excluding carboxylic acids is 2. The number of amides is 3. The van der Waals surface area contributed by atoms with Crippen LogP contribution < -0.4 is 16.4 Å². The van der Waals surface area contributed by atoms with Crippen molar-refractivity contribution in [3.63, 3.8) is 0 Å². The van der Waals surface area contributed by atoms with E-state index in [0.717, 1.165) is 38.6 Å². The number of aliphatic hydroxyl groups is 1. The largest absolute Gasteiger partial charge is 0.385 e. The SMILES string of the molecule is CNC[C@H](CC1CCCCC1)NC(=O)N1CCC[C@@H]([C@@](O)(CCCCOC)c2cccc(C(N)=O)c2)C1. The summed E-state index contributed by atoms with van der Waals surface area (Å²) < 4.78 is 5.21. The van der Waals surface area contributed by atoms with E-state index in [9.17, 15) is 14.7 Å². The molecule has 8 nitrogen and oxygen atoms in total. The Morgan fingerprint density at radius 1 is 1.19 bits per heavy atom. The Balaban J connectivity index is 1.72. The molecule has 1 heterocycles. The minimum Gasteiger partial charge on any atom is -0.385 e. The van der Waals surface area contributed by atoms with Crippen molar-refractivity contribution >= 4 is 11.9 Å². The average molecular weight is 517 g/mol. The maximum atomic E-state index is 13.4. The first-order valence-electron chi connectivity index (χ1n) is 14.2. The summed E-state index contributed by atoms with van der Waals surface area (Å²) >= 11 is 0. The van der Waals surface area contributed by atoms with Crippen LogP contribution in [0, 0.1) is 11.8 Å². The van der Waals surface area contributed by atoms with Crippen LogP contribution in [0.15, 0.2) is 24.3 Å². The highest BCUT2D eigenvalue weighted by Gasteiger charge is 2.41. The molecule has 3 amide bonds. The quantitative estimate of drug-likeness (QED) is 0.298. The number of piperidine rings is 1. The predicted octanol–water partition coefficient (Wildman–Crippen LogP) is 3.77. The number of likely N-dealkylation sites (tertiary alicyclic amines) is 1. The van der Waals surface area contributed by atoms with E-state index >= 15 is 0 Å². The molecular weight excluding hydrogens is 468 g/mol. The summed E-state index contributed by atoms with van der Waals surface area (Å²) in [5.74, 6) is 0.0248. The number of nitrogens with two attached hydrogens (primary N) is 1. The highest BCUT2D eigenvalue weighted by molar-refractivity contribution is 5.92. The number of unbranched alkanes of at least 4 members (excludes halogenated alkanes) is 1. The van der Waals surface area contributed by atoms with Crippen LogP contribution in [0.1, 0.15) is 86.6 Å². The lowest BCUT2D eigenvalue weighted by Crippen LogP contribution is -2.54. The molecule has 3 rings (SSSR count). The standard InChI is InChI=1S/C29H48N4O4/c1-31-20-26(18-22-10-4-3-5-11-22)32-28(35)33-16-9-14-25(21-33)29(36,15-6-7-17-37-2)24-13-8-12-23(19-24)27(30)34/h8,12-13,19,22,25-26,31,36H,3-7,9-11,14-18,20-21H2,1-2H3,(H2,30,34)(H,32,35)/t25-,26+,29-/m1/s1. The van der Waals surface area contributed by atoms with Crippen molar-refractivity contribution < 1.29 is 19.4 Å². The first kappa shape index (κ1) is 29.4. The fourth-order valence-electron chi connectivity index (χ4n) is 6.25. The van der Waals surface area contributed by atoms with Gasteiger partial charge in [-0.15, -0.1) is 0 Å². The minimum atomic E-state index is -1.16. The van der Waals surface area contributed by atoms with Gasteiger partial charge in [0.2, 0.25) is 5.91 Å². The molecule has 8 heteroatoms. The minimum absolute atomic E-state index is 0.0478. The summed E-state index contributed by atoms with van der Waals surface area (Å²) in [6.07, 6.45) is 11.2. The molecular formula is C29H48N4O4. The Morgan fingerprint density at radius 2 is 1.97 bits per heavy atom. The van der Waals surface area contributed by atoms with Gasteiger partial charge in [0.1, 0.15) is 0 Å². The van der Waals surface area contributed by atoms with Gasteiger partial charge in [-0.05, 0) is 69.2 Å². The number of hydrogen-bond donors (Lipinski definition) is 4. The fourth-order valence-corrected chi connectivity index (χ4v) is 6.25. The maximum absolute atomic E-state index is 13.4. The van der Waals surface area contributed by atoms with E-state index in [4.69, 9.17) is 10.5 Å². The van der Waals surface area contributed by atoms with Crippen molar-refractivity contribution in [1.82, 2.24) is 15.5 Å². The van der Waals surface area contributed by atoms with Gasteiger partial charge in [0.25, 0.3) is 0 Å². The van der Waals surface area contributed by atoms with Gasteiger partial charge in [-0.2, -0.15) is 0 Å². The van der Waals surface area contributed by atoms with Gasteiger partial charge >= 0.3 is 6.03 Å². The smallest absolute Gasteiger partial charge is 0.317 e. The lowest BCUT2D eigenvalue weighted by molar-refractivity contribution is -0.0564. The van der Waals surface area contributed by atoms with Gasteiger partial charge in [0.15, 0.2) is 0 Å². The van der Waals surface area contributed by atoms with Crippen molar-refractivity contribution in [1.29, 1.82) is 0 Å². The first-order valence-corrected chi connectivity index (χ1v) is 14.2. The second-order valence-electron chi connectivity index (χ2n) is 11.0. The molecule has 208 valence electrons. The Kier molecular flexibility index (Phi) is 11.7. The Morgan fingerprint density at radius 3 is 2.68 bits per heavy atom. The molecule has 0 bridgehead atoms. The number of urea groups is 1. The van der Waals surface area contributed by atoms with Gasteiger partial charge in [-0.25, -0.2) is 4.79 Å². The molecule has 5 N–H and O–H groups in total.